The number of halogens is 1. The lowest BCUT2D eigenvalue weighted by molar-refractivity contribution is -0.0588. The molecule has 0 unspecified atom stereocenters. The smallest absolute Gasteiger partial charge is 0.431 e. The fourth-order valence-corrected chi connectivity index (χ4v) is 1.89. The first kappa shape index (κ1) is 14.5. The fourth-order valence-electron chi connectivity index (χ4n) is 1.89. The van der Waals surface area contributed by atoms with Gasteiger partial charge in [0, 0.05) is 25.7 Å². The molecule has 2 aliphatic rings. The fraction of sp³-hybridized carbons (Fsp3) is 0.909. The van der Waals surface area contributed by atoms with Crippen molar-refractivity contribution in [1.29, 1.82) is 0 Å². The summed E-state index contributed by atoms with van der Waals surface area (Å²) < 4.78 is 20.8. The van der Waals surface area contributed by atoms with E-state index in [1.165, 1.54) is 0 Å². The van der Waals surface area contributed by atoms with Crippen LogP contribution in [0.3, 0.4) is 0 Å². The zero-order chi connectivity index (χ0) is 11.2. The van der Waals surface area contributed by atoms with Crippen LogP contribution in [-0.4, -0.2) is 44.8 Å². The maximum absolute atomic E-state index is 11.5. The van der Waals surface area contributed by atoms with Crippen LogP contribution in [0, 0.1) is 0 Å². The first-order valence-electron chi connectivity index (χ1n) is 5.87. The van der Waals surface area contributed by atoms with E-state index in [4.69, 9.17) is 18.9 Å². The van der Waals surface area contributed by atoms with Crippen LogP contribution in [-0.2, 0) is 18.9 Å². The van der Waals surface area contributed by atoms with Crippen molar-refractivity contribution < 1.29 is 23.7 Å². The molecule has 0 spiro atoms. The van der Waals surface area contributed by atoms with Gasteiger partial charge in [-0.05, 0) is 0 Å². The average Bonchev–Trinajstić information content (AvgIpc) is 2.31. The molecule has 0 aromatic carbocycles. The van der Waals surface area contributed by atoms with Crippen molar-refractivity contribution in [2.75, 3.05) is 26.4 Å². The first-order chi connectivity index (χ1) is 7.84. The highest BCUT2D eigenvalue weighted by atomic mass is 35.5. The van der Waals surface area contributed by atoms with Gasteiger partial charge in [0.15, 0.2) is 0 Å². The molecule has 100 valence electrons. The molecular formula is C11H19ClO5. The van der Waals surface area contributed by atoms with E-state index < -0.39 is 6.16 Å². The molecule has 0 N–H and O–H groups in total. The summed E-state index contributed by atoms with van der Waals surface area (Å²) in [5, 5.41) is 0. The molecule has 0 radical (unpaired) electrons. The Morgan fingerprint density at radius 1 is 0.824 bits per heavy atom. The van der Waals surface area contributed by atoms with Gasteiger partial charge in [0.05, 0.1) is 26.4 Å². The van der Waals surface area contributed by atoms with Crippen LogP contribution in [0.4, 0.5) is 4.79 Å². The van der Waals surface area contributed by atoms with E-state index in [1.807, 2.05) is 0 Å². The molecule has 0 atom stereocenters. The van der Waals surface area contributed by atoms with Gasteiger partial charge in [-0.25, -0.2) is 4.79 Å². The van der Waals surface area contributed by atoms with Crippen LogP contribution in [0.1, 0.15) is 25.7 Å². The van der Waals surface area contributed by atoms with Crippen LogP contribution < -0.4 is 0 Å². The number of hydrogen-bond acceptors (Lipinski definition) is 5. The van der Waals surface area contributed by atoms with E-state index in [0.29, 0.717) is 26.4 Å². The summed E-state index contributed by atoms with van der Waals surface area (Å²) in [5.41, 5.74) is 0. The van der Waals surface area contributed by atoms with Gasteiger partial charge in [-0.2, -0.15) is 0 Å². The molecule has 0 saturated carbocycles. The van der Waals surface area contributed by atoms with Gasteiger partial charge < -0.3 is 18.9 Å². The Morgan fingerprint density at radius 3 is 1.53 bits per heavy atom. The zero-order valence-electron chi connectivity index (χ0n) is 9.76. The van der Waals surface area contributed by atoms with E-state index in [1.54, 1.807) is 0 Å². The number of ether oxygens (including phenoxy) is 4. The molecular weight excluding hydrogens is 248 g/mol. The number of hydrogen-bond donors (Lipinski definition) is 0. The molecule has 0 aromatic rings. The Balaban J connectivity index is 0.00000144. The molecule has 2 fully saturated rings. The van der Waals surface area contributed by atoms with Crippen molar-refractivity contribution in [3.8, 4) is 0 Å². The van der Waals surface area contributed by atoms with E-state index in [0.717, 1.165) is 25.7 Å². The second-order valence-electron chi connectivity index (χ2n) is 4.11. The van der Waals surface area contributed by atoms with E-state index in [2.05, 4.69) is 0 Å². The minimum atomic E-state index is -0.543. The van der Waals surface area contributed by atoms with Gasteiger partial charge in [0.25, 0.3) is 0 Å². The topological polar surface area (TPSA) is 54.0 Å². The molecule has 2 rings (SSSR count). The predicted octanol–water partition coefficient (Wildman–Crippen LogP) is 1.92. The summed E-state index contributed by atoms with van der Waals surface area (Å²) >= 11 is 0. The molecule has 0 aliphatic carbocycles. The predicted molar refractivity (Wildman–Crippen MR) is 62.5 cm³/mol. The third-order valence-electron chi connectivity index (χ3n) is 2.86. The summed E-state index contributed by atoms with van der Waals surface area (Å²) in [4.78, 5) is 11.5. The Bertz CT molecular complexity index is 202. The zero-order valence-corrected chi connectivity index (χ0v) is 10.6. The summed E-state index contributed by atoms with van der Waals surface area (Å²) in [6, 6.07) is 0. The lowest BCUT2D eigenvalue weighted by atomic mass is 10.1. The largest absolute Gasteiger partial charge is 0.508 e. The summed E-state index contributed by atoms with van der Waals surface area (Å²) in [6.07, 6.45) is 2.44. The first-order valence-corrected chi connectivity index (χ1v) is 5.87. The maximum atomic E-state index is 11.5. The van der Waals surface area contributed by atoms with Crippen molar-refractivity contribution in [2.24, 2.45) is 0 Å². The highest BCUT2D eigenvalue weighted by Gasteiger charge is 2.23. The van der Waals surface area contributed by atoms with Gasteiger partial charge in [0.2, 0.25) is 0 Å². The van der Waals surface area contributed by atoms with Gasteiger partial charge in [-0.3, -0.25) is 0 Å². The standard InChI is InChI=1S/C11H18O5.ClH/c12-11(15-9-1-5-13-6-2-9)16-10-3-7-14-8-4-10;/h9-10H,1-8H2;1H. The SMILES string of the molecule is Cl.O=C(OC1CCOCC1)OC1CCOCC1. The second-order valence-corrected chi connectivity index (χ2v) is 4.11. The molecule has 2 saturated heterocycles. The third-order valence-corrected chi connectivity index (χ3v) is 2.86. The number of carbonyl (C=O) groups is 1. The second kappa shape index (κ2) is 7.74. The average molecular weight is 267 g/mol. The summed E-state index contributed by atoms with van der Waals surface area (Å²) in [5.74, 6) is 0. The third kappa shape index (κ3) is 5.10. The van der Waals surface area contributed by atoms with Crippen LogP contribution in [0.2, 0.25) is 0 Å². The molecule has 2 heterocycles. The van der Waals surface area contributed by atoms with Gasteiger partial charge in [0.1, 0.15) is 12.2 Å². The molecule has 6 heteroatoms. The Kier molecular flexibility index (Phi) is 6.62. The van der Waals surface area contributed by atoms with Crippen LogP contribution in [0.25, 0.3) is 0 Å². The van der Waals surface area contributed by atoms with E-state index >= 15 is 0 Å². The van der Waals surface area contributed by atoms with Crippen molar-refractivity contribution in [3.63, 3.8) is 0 Å². The van der Waals surface area contributed by atoms with Crippen LogP contribution >= 0.6 is 12.4 Å². The Morgan fingerprint density at radius 2 is 1.18 bits per heavy atom. The van der Waals surface area contributed by atoms with E-state index in [-0.39, 0.29) is 24.6 Å². The summed E-state index contributed by atoms with van der Waals surface area (Å²) in [6.45, 7) is 2.65. The highest BCUT2D eigenvalue weighted by Crippen LogP contribution is 2.15. The van der Waals surface area contributed by atoms with Crippen molar-refractivity contribution >= 4 is 18.6 Å². The lowest BCUT2D eigenvalue weighted by Crippen LogP contribution is -2.30. The highest BCUT2D eigenvalue weighted by molar-refractivity contribution is 5.85. The molecule has 0 amide bonds. The number of rotatable bonds is 2. The van der Waals surface area contributed by atoms with Gasteiger partial charge in [-0.15, -0.1) is 12.4 Å². The quantitative estimate of drug-likeness (QED) is 0.715. The number of carbonyl (C=O) groups excluding carboxylic acids is 1. The normalized spacial score (nSPS) is 22.6. The van der Waals surface area contributed by atoms with Crippen molar-refractivity contribution in [3.05, 3.63) is 0 Å². The molecule has 0 bridgehead atoms. The Labute approximate surface area is 107 Å². The maximum Gasteiger partial charge on any atom is 0.508 e. The van der Waals surface area contributed by atoms with E-state index in [9.17, 15) is 4.79 Å². The van der Waals surface area contributed by atoms with Crippen LogP contribution in [0.5, 0.6) is 0 Å². The lowest BCUT2D eigenvalue weighted by Gasteiger charge is -2.25. The molecule has 5 nitrogen and oxygen atoms in total. The van der Waals surface area contributed by atoms with Crippen molar-refractivity contribution in [2.45, 2.75) is 37.9 Å². The molecule has 0 aromatic heterocycles. The monoisotopic (exact) mass is 266 g/mol. The minimum Gasteiger partial charge on any atom is -0.431 e. The van der Waals surface area contributed by atoms with Gasteiger partial charge in [-0.1, -0.05) is 0 Å². The molecule has 2 aliphatic heterocycles. The summed E-state index contributed by atoms with van der Waals surface area (Å²) in [7, 11) is 0. The van der Waals surface area contributed by atoms with Crippen LogP contribution in [0.15, 0.2) is 0 Å². The van der Waals surface area contributed by atoms with Gasteiger partial charge >= 0.3 is 6.16 Å². The Hall–Kier alpha value is -0.520. The van der Waals surface area contributed by atoms with Crippen molar-refractivity contribution in [1.82, 2.24) is 0 Å². The minimum absolute atomic E-state index is 0. The molecule has 17 heavy (non-hydrogen) atoms.